The summed E-state index contributed by atoms with van der Waals surface area (Å²) in [5.74, 6) is -1.43. The van der Waals surface area contributed by atoms with Crippen molar-refractivity contribution < 1.29 is 23.1 Å². The Morgan fingerprint density at radius 3 is 2.71 bits per heavy atom. The van der Waals surface area contributed by atoms with Crippen LogP contribution in [0.1, 0.15) is 16.8 Å². The largest absolute Gasteiger partial charge is 0.478 e. The zero-order valence-corrected chi connectivity index (χ0v) is 8.58. The summed E-state index contributed by atoms with van der Waals surface area (Å²) in [5, 5.41) is 11.1. The molecule has 0 radical (unpaired) electrons. The molecule has 4 N–H and O–H groups in total. The fraction of sp³-hybridized carbons (Fsp3) is 0.333. The van der Waals surface area contributed by atoms with E-state index in [1.54, 1.807) is 0 Å². The molecule has 0 aliphatic heterocycles. The quantitative estimate of drug-likeness (QED) is 0.756. The summed E-state index contributed by atoms with van der Waals surface area (Å²) in [6.07, 6.45) is -4.20. The smallest absolute Gasteiger partial charge is 0.390 e. The highest BCUT2D eigenvalue weighted by Crippen LogP contribution is 2.20. The number of carbonyl (C=O) groups is 1. The number of pyridine rings is 1. The van der Waals surface area contributed by atoms with Crippen LogP contribution in [0.3, 0.4) is 0 Å². The standard InChI is InChI=1S/C9H10F3N3O2/c10-9(11,12)1-2-14-7-6(8(16)17)3-5(13)4-15-7/h3-4H,1-2,13H2,(H,14,15)(H,16,17). The normalized spacial score (nSPS) is 11.2. The predicted octanol–water partition coefficient (Wildman–Crippen LogP) is 1.73. The first-order chi connectivity index (χ1) is 7.79. The molecule has 0 saturated carbocycles. The zero-order chi connectivity index (χ0) is 13.1. The first-order valence-electron chi connectivity index (χ1n) is 4.59. The average Bonchev–Trinajstić information content (AvgIpc) is 2.18. The van der Waals surface area contributed by atoms with E-state index in [2.05, 4.69) is 10.3 Å². The second kappa shape index (κ2) is 4.89. The summed E-state index contributed by atoms with van der Waals surface area (Å²) in [6.45, 7) is -0.444. The highest BCUT2D eigenvalue weighted by molar-refractivity contribution is 5.94. The third-order valence-electron chi connectivity index (χ3n) is 1.84. The Morgan fingerprint density at radius 2 is 2.18 bits per heavy atom. The number of nitrogen functional groups attached to an aromatic ring is 1. The number of aromatic nitrogens is 1. The molecule has 0 fully saturated rings. The molecule has 0 spiro atoms. The van der Waals surface area contributed by atoms with Gasteiger partial charge < -0.3 is 16.2 Å². The number of anilines is 2. The lowest BCUT2D eigenvalue weighted by Gasteiger charge is -2.10. The third kappa shape index (κ3) is 4.17. The molecule has 0 aromatic carbocycles. The molecule has 1 aromatic rings. The van der Waals surface area contributed by atoms with E-state index < -0.39 is 25.1 Å². The summed E-state index contributed by atoms with van der Waals surface area (Å²) in [6, 6.07) is 1.13. The van der Waals surface area contributed by atoms with Crippen LogP contribution in [0.4, 0.5) is 24.7 Å². The van der Waals surface area contributed by atoms with Crippen molar-refractivity contribution >= 4 is 17.5 Å². The van der Waals surface area contributed by atoms with Crippen molar-refractivity contribution in [3.63, 3.8) is 0 Å². The van der Waals surface area contributed by atoms with E-state index in [9.17, 15) is 18.0 Å². The molecule has 17 heavy (non-hydrogen) atoms. The van der Waals surface area contributed by atoms with Gasteiger partial charge in [-0.15, -0.1) is 0 Å². The maximum atomic E-state index is 11.9. The zero-order valence-electron chi connectivity index (χ0n) is 8.58. The number of nitrogens with one attached hydrogen (secondary N) is 1. The van der Waals surface area contributed by atoms with Crippen LogP contribution in [-0.2, 0) is 0 Å². The minimum Gasteiger partial charge on any atom is -0.478 e. The van der Waals surface area contributed by atoms with Crippen molar-refractivity contribution in [3.05, 3.63) is 17.8 Å². The lowest BCUT2D eigenvalue weighted by Crippen LogP contribution is -2.17. The maximum Gasteiger partial charge on any atom is 0.390 e. The number of rotatable bonds is 4. The van der Waals surface area contributed by atoms with Crippen LogP contribution in [0.15, 0.2) is 12.3 Å². The van der Waals surface area contributed by atoms with Gasteiger partial charge in [-0.2, -0.15) is 13.2 Å². The molecule has 0 atom stereocenters. The van der Waals surface area contributed by atoms with Gasteiger partial charge in [0, 0.05) is 6.54 Å². The number of hydrogen-bond donors (Lipinski definition) is 3. The highest BCUT2D eigenvalue weighted by atomic mass is 19.4. The summed E-state index contributed by atoms with van der Waals surface area (Å²) in [4.78, 5) is 14.4. The molecular weight excluding hydrogens is 239 g/mol. The molecule has 8 heteroatoms. The van der Waals surface area contributed by atoms with Crippen LogP contribution in [0.2, 0.25) is 0 Å². The third-order valence-corrected chi connectivity index (χ3v) is 1.84. The lowest BCUT2D eigenvalue weighted by molar-refractivity contribution is -0.131. The van der Waals surface area contributed by atoms with E-state index in [1.165, 1.54) is 6.20 Å². The second-order valence-corrected chi connectivity index (χ2v) is 3.26. The van der Waals surface area contributed by atoms with Gasteiger partial charge in [0.05, 0.1) is 18.3 Å². The Kier molecular flexibility index (Phi) is 3.77. The Labute approximate surface area is 94.5 Å². The number of aromatic carboxylic acids is 1. The summed E-state index contributed by atoms with van der Waals surface area (Å²) >= 11 is 0. The molecule has 5 nitrogen and oxygen atoms in total. The predicted molar refractivity (Wildman–Crippen MR) is 54.8 cm³/mol. The SMILES string of the molecule is Nc1cnc(NCCC(F)(F)F)c(C(=O)O)c1. The van der Waals surface area contributed by atoms with Gasteiger partial charge in [0.15, 0.2) is 0 Å². The molecular formula is C9H10F3N3O2. The van der Waals surface area contributed by atoms with E-state index in [1.807, 2.05) is 0 Å². The molecule has 94 valence electrons. The maximum absolute atomic E-state index is 11.9. The minimum atomic E-state index is -4.30. The van der Waals surface area contributed by atoms with E-state index in [4.69, 9.17) is 10.8 Å². The summed E-state index contributed by atoms with van der Waals surface area (Å²) in [7, 11) is 0. The first-order valence-corrected chi connectivity index (χ1v) is 4.59. The fourth-order valence-corrected chi connectivity index (χ4v) is 1.11. The molecule has 1 rings (SSSR count). The number of hydrogen-bond acceptors (Lipinski definition) is 4. The Balaban J connectivity index is 2.74. The second-order valence-electron chi connectivity index (χ2n) is 3.26. The number of carboxylic acid groups (broad SMARTS) is 1. The van der Waals surface area contributed by atoms with Gasteiger partial charge in [-0.3, -0.25) is 0 Å². The first kappa shape index (κ1) is 13.1. The van der Waals surface area contributed by atoms with Gasteiger partial charge in [-0.05, 0) is 6.07 Å². The summed E-state index contributed by atoms with van der Waals surface area (Å²) in [5.41, 5.74) is 5.20. The molecule has 0 aliphatic rings. The summed E-state index contributed by atoms with van der Waals surface area (Å²) < 4.78 is 35.7. The van der Waals surface area contributed by atoms with Gasteiger partial charge >= 0.3 is 12.1 Å². The average molecular weight is 249 g/mol. The number of carboxylic acids is 1. The van der Waals surface area contributed by atoms with Gasteiger partial charge in [-0.25, -0.2) is 9.78 Å². The molecule has 0 unspecified atom stereocenters. The fourth-order valence-electron chi connectivity index (χ4n) is 1.11. The number of alkyl halides is 3. The van der Waals surface area contributed by atoms with Gasteiger partial charge in [0.25, 0.3) is 0 Å². The minimum absolute atomic E-state index is 0.128. The van der Waals surface area contributed by atoms with Crippen LogP contribution < -0.4 is 11.1 Å². The lowest BCUT2D eigenvalue weighted by atomic mass is 10.2. The number of nitrogens with zero attached hydrogens (tertiary/aromatic N) is 1. The Bertz CT molecular complexity index is 420. The number of halogens is 3. The van der Waals surface area contributed by atoms with Crippen molar-refractivity contribution in [1.29, 1.82) is 0 Å². The van der Waals surface area contributed by atoms with Crippen molar-refractivity contribution in [2.45, 2.75) is 12.6 Å². The van der Waals surface area contributed by atoms with Gasteiger partial charge in [0.1, 0.15) is 11.4 Å². The van der Waals surface area contributed by atoms with E-state index >= 15 is 0 Å². The van der Waals surface area contributed by atoms with Crippen molar-refractivity contribution in [2.75, 3.05) is 17.6 Å². The molecule has 0 amide bonds. The molecule has 0 saturated heterocycles. The van der Waals surface area contributed by atoms with E-state index in [0.717, 1.165) is 6.07 Å². The van der Waals surface area contributed by atoms with Crippen molar-refractivity contribution in [2.24, 2.45) is 0 Å². The van der Waals surface area contributed by atoms with Crippen LogP contribution in [-0.4, -0.2) is 28.8 Å². The van der Waals surface area contributed by atoms with Crippen molar-refractivity contribution in [3.8, 4) is 0 Å². The van der Waals surface area contributed by atoms with Gasteiger partial charge in [0.2, 0.25) is 0 Å². The van der Waals surface area contributed by atoms with Crippen LogP contribution in [0.5, 0.6) is 0 Å². The monoisotopic (exact) mass is 249 g/mol. The molecule has 0 aliphatic carbocycles. The van der Waals surface area contributed by atoms with E-state index in [0.29, 0.717) is 0 Å². The van der Waals surface area contributed by atoms with Crippen LogP contribution >= 0.6 is 0 Å². The molecule has 1 aromatic heterocycles. The van der Waals surface area contributed by atoms with Gasteiger partial charge in [-0.1, -0.05) is 0 Å². The topological polar surface area (TPSA) is 88.2 Å². The Hall–Kier alpha value is -1.99. The van der Waals surface area contributed by atoms with Crippen LogP contribution in [0, 0.1) is 0 Å². The molecule has 0 bridgehead atoms. The Morgan fingerprint density at radius 1 is 1.53 bits per heavy atom. The van der Waals surface area contributed by atoms with E-state index in [-0.39, 0.29) is 17.1 Å². The number of nitrogens with two attached hydrogens (primary N) is 1. The molecule has 1 heterocycles. The van der Waals surface area contributed by atoms with Crippen LogP contribution in [0.25, 0.3) is 0 Å². The van der Waals surface area contributed by atoms with Crippen molar-refractivity contribution in [1.82, 2.24) is 4.98 Å². The highest BCUT2D eigenvalue weighted by Gasteiger charge is 2.26.